The van der Waals surface area contributed by atoms with Gasteiger partial charge in [-0.15, -0.1) is 0 Å². The summed E-state index contributed by atoms with van der Waals surface area (Å²) in [4.78, 5) is 2.08. The first-order valence-electron chi connectivity index (χ1n) is 5.45. The highest BCUT2D eigenvalue weighted by molar-refractivity contribution is 7.92. The molecule has 94 valence electrons. The van der Waals surface area contributed by atoms with Crippen LogP contribution in [0.5, 0.6) is 0 Å². The zero-order chi connectivity index (χ0) is 12.5. The molecule has 1 aromatic rings. The maximum atomic E-state index is 11.0. The van der Waals surface area contributed by atoms with Gasteiger partial charge in [0.1, 0.15) is 0 Å². The van der Waals surface area contributed by atoms with Gasteiger partial charge in [0, 0.05) is 24.5 Å². The Morgan fingerprint density at radius 1 is 1.35 bits per heavy atom. The van der Waals surface area contributed by atoms with Gasteiger partial charge in [-0.05, 0) is 30.7 Å². The predicted molar refractivity (Wildman–Crippen MR) is 67.7 cm³/mol. The van der Waals surface area contributed by atoms with Crippen LogP contribution in [0.4, 0.5) is 11.4 Å². The number of anilines is 2. The van der Waals surface area contributed by atoms with Gasteiger partial charge in [0.05, 0.1) is 12.4 Å². The van der Waals surface area contributed by atoms with E-state index >= 15 is 0 Å². The van der Waals surface area contributed by atoms with Crippen molar-refractivity contribution in [3.05, 3.63) is 24.3 Å². The van der Waals surface area contributed by atoms with Crippen LogP contribution >= 0.6 is 0 Å². The molecule has 0 saturated carbocycles. The molecule has 2 N–H and O–H groups in total. The fraction of sp³-hybridized carbons (Fsp3) is 0.455. The summed E-state index contributed by atoms with van der Waals surface area (Å²) in [6.07, 6.45) is 1.64. The summed E-state index contributed by atoms with van der Waals surface area (Å²) in [5.74, 6) is 0. The Kier molecular flexibility index (Phi) is 3.26. The van der Waals surface area contributed by atoms with E-state index in [2.05, 4.69) is 9.62 Å². The number of aliphatic hydroxyl groups is 1. The van der Waals surface area contributed by atoms with Crippen LogP contribution in [-0.2, 0) is 10.0 Å². The van der Waals surface area contributed by atoms with Crippen LogP contribution in [0.25, 0.3) is 0 Å². The molecule has 17 heavy (non-hydrogen) atoms. The van der Waals surface area contributed by atoms with Crippen molar-refractivity contribution in [2.24, 2.45) is 0 Å². The third kappa shape index (κ3) is 3.34. The molecule has 1 unspecified atom stereocenters. The lowest BCUT2D eigenvalue weighted by Gasteiger charge is -2.18. The minimum Gasteiger partial charge on any atom is -0.391 e. The smallest absolute Gasteiger partial charge is 0.229 e. The second-order valence-corrected chi connectivity index (χ2v) is 6.06. The van der Waals surface area contributed by atoms with Crippen molar-refractivity contribution in [1.82, 2.24) is 0 Å². The number of benzene rings is 1. The van der Waals surface area contributed by atoms with Gasteiger partial charge in [-0.2, -0.15) is 0 Å². The minimum atomic E-state index is -3.22. The Morgan fingerprint density at radius 2 is 2.00 bits per heavy atom. The first kappa shape index (κ1) is 12.2. The Labute approximate surface area is 101 Å². The molecule has 1 heterocycles. The molecule has 0 bridgehead atoms. The van der Waals surface area contributed by atoms with Crippen molar-refractivity contribution in [2.75, 3.05) is 29.0 Å². The second kappa shape index (κ2) is 4.54. The number of nitrogens with zero attached hydrogens (tertiary/aromatic N) is 1. The van der Waals surface area contributed by atoms with Crippen molar-refractivity contribution in [2.45, 2.75) is 12.5 Å². The molecule has 1 saturated heterocycles. The van der Waals surface area contributed by atoms with Gasteiger partial charge in [-0.1, -0.05) is 0 Å². The van der Waals surface area contributed by atoms with Gasteiger partial charge < -0.3 is 10.0 Å². The second-order valence-electron chi connectivity index (χ2n) is 4.31. The third-order valence-corrected chi connectivity index (χ3v) is 3.31. The average Bonchev–Trinajstić information content (AvgIpc) is 2.63. The number of nitrogens with one attached hydrogen (secondary N) is 1. The quantitative estimate of drug-likeness (QED) is 0.832. The fourth-order valence-electron chi connectivity index (χ4n) is 1.93. The summed E-state index contributed by atoms with van der Waals surface area (Å²) in [5.41, 5.74) is 1.55. The Balaban J connectivity index is 2.08. The monoisotopic (exact) mass is 256 g/mol. The van der Waals surface area contributed by atoms with Crippen LogP contribution in [0, 0.1) is 0 Å². The van der Waals surface area contributed by atoms with Crippen LogP contribution in [0.2, 0.25) is 0 Å². The van der Waals surface area contributed by atoms with Gasteiger partial charge in [0.25, 0.3) is 0 Å². The van der Waals surface area contributed by atoms with Gasteiger partial charge in [-0.25, -0.2) is 8.42 Å². The van der Waals surface area contributed by atoms with Crippen LogP contribution in [0.15, 0.2) is 24.3 Å². The zero-order valence-electron chi connectivity index (χ0n) is 9.63. The molecule has 0 aliphatic carbocycles. The van der Waals surface area contributed by atoms with Crippen LogP contribution < -0.4 is 9.62 Å². The third-order valence-electron chi connectivity index (χ3n) is 2.70. The first-order chi connectivity index (χ1) is 7.94. The highest BCUT2D eigenvalue weighted by Crippen LogP contribution is 2.22. The van der Waals surface area contributed by atoms with Crippen molar-refractivity contribution in [1.29, 1.82) is 0 Å². The molecule has 1 aliphatic heterocycles. The fourth-order valence-corrected chi connectivity index (χ4v) is 2.49. The molecule has 0 aromatic heterocycles. The van der Waals surface area contributed by atoms with Crippen molar-refractivity contribution in [3.63, 3.8) is 0 Å². The summed E-state index contributed by atoms with van der Waals surface area (Å²) in [5, 5.41) is 9.44. The molecule has 0 spiro atoms. The van der Waals surface area contributed by atoms with E-state index in [1.807, 2.05) is 12.1 Å². The predicted octanol–water partition coefficient (Wildman–Crippen LogP) is 0.629. The minimum absolute atomic E-state index is 0.260. The molecule has 0 amide bonds. The highest BCUT2D eigenvalue weighted by Gasteiger charge is 2.20. The van der Waals surface area contributed by atoms with Gasteiger partial charge in [0.2, 0.25) is 10.0 Å². The summed E-state index contributed by atoms with van der Waals surface area (Å²) in [6.45, 7) is 1.47. The topological polar surface area (TPSA) is 69.6 Å². The zero-order valence-corrected chi connectivity index (χ0v) is 10.4. The average molecular weight is 256 g/mol. The number of hydrogen-bond acceptors (Lipinski definition) is 4. The summed E-state index contributed by atoms with van der Waals surface area (Å²) < 4.78 is 24.5. The molecular formula is C11H16N2O3S. The lowest BCUT2D eigenvalue weighted by Crippen LogP contribution is -2.21. The van der Waals surface area contributed by atoms with Crippen molar-refractivity contribution >= 4 is 21.4 Å². The summed E-state index contributed by atoms with van der Waals surface area (Å²) in [6, 6.07) is 7.15. The molecule has 1 aliphatic rings. The van der Waals surface area contributed by atoms with Crippen LogP contribution in [0.3, 0.4) is 0 Å². The van der Waals surface area contributed by atoms with E-state index in [1.54, 1.807) is 12.1 Å². The SMILES string of the molecule is CS(=O)(=O)Nc1ccc(N2CCC(O)C2)cc1. The summed E-state index contributed by atoms with van der Waals surface area (Å²) >= 11 is 0. The molecule has 1 aromatic carbocycles. The Bertz CT molecular complexity index is 484. The van der Waals surface area contributed by atoms with Gasteiger partial charge in [0.15, 0.2) is 0 Å². The molecule has 1 fully saturated rings. The number of β-amino-alcohol motifs (C(OH)–C–C–N with tert-alkyl or cyclic N) is 1. The van der Waals surface area contributed by atoms with Crippen molar-refractivity contribution < 1.29 is 13.5 Å². The van der Waals surface area contributed by atoms with E-state index in [4.69, 9.17) is 0 Å². The summed E-state index contributed by atoms with van der Waals surface area (Å²) in [7, 11) is -3.22. The Hall–Kier alpha value is -1.27. The molecule has 2 rings (SSSR count). The van der Waals surface area contributed by atoms with Crippen LogP contribution in [-0.4, -0.2) is 39.0 Å². The van der Waals surface area contributed by atoms with E-state index in [0.717, 1.165) is 24.9 Å². The van der Waals surface area contributed by atoms with E-state index in [-0.39, 0.29) is 6.10 Å². The molecular weight excluding hydrogens is 240 g/mol. The van der Waals surface area contributed by atoms with Crippen LogP contribution in [0.1, 0.15) is 6.42 Å². The molecule has 0 radical (unpaired) electrons. The maximum absolute atomic E-state index is 11.0. The van der Waals surface area contributed by atoms with Gasteiger partial charge >= 0.3 is 0 Å². The molecule has 6 heteroatoms. The number of sulfonamides is 1. The molecule has 5 nitrogen and oxygen atoms in total. The van der Waals surface area contributed by atoms with E-state index < -0.39 is 10.0 Å². The van der Waals surface area contributed by atoms with E-state index in [9.17, 15) is 13.5 Å². The lowest BCUT2D eigenvalue weighted by atomic mass is 10.2. The number of hydrogen-bond donors (Lipinski definition) is 2. The normalized spacial score (nSPS) is 20.6. The highest BCUT2D eigenvalue weighted by atomic mass is 32.2. The maximum Gasteiger partial charge on any atom is 0.229 e. The largest absolute Gasteiger partial charge is 0.391 e. The molecule has 1 atom stereocenters. The first-order valence-corrected chi connectivity index (χ1v) is 7.34. The van der Waals surface area contributed by atoms with Crippen molar-refractivity contribution in [3.8, 4) is 0 Å². The van der Waals surface area contributed by atoms with E-state index in [1.165, 1.54) is 0 Å². The lowest BCUT2D eigenvalue weighted by molar-refractivity contribution is 0.198. The standard InChI is InChI=1S/C11H16N2O3S/c1-17(15,16)12-9-2-4-10(5-3-9)13-7-6-11(14)8-13/h2-5,11-12,14H,6-8H2,1H3. The number of rotatable bonds is 3. The number of aliphatic hydroxyl groups excluding tert-OH is 1. The Morgan fingerprint density at radius 3 is 2.47 bits per heavy atom. The van der Waals surface area contributed by atoms with E-state index in [0.29, 0.717) is 12.2 Å². The van der Waals surface area contributed by atoms with Gasteiger partial charge in [-0.3, -0.25) is 4.72 Å².